The molecule has 0 unspecified atom stereocenters. The van der Waals surface area contributed by atoms with Crippen molar-refractivity contribution in [1.82, 2.24) is 4.98 Å². The summed E-state index contributed by atoms with van der Waals surface area (Å²) in [5.74, 6) is 0. The fraction of sp³-hybridized carbons (Fsp3) is 0.0833. The third-order valence-electron chi connectivity index (χ3n) is 2.07. The molecule has 0 aliphatic rings. The summed E-state index contributed by atoms with van der Waals surface area (Å²) >= 11 is 5.94. The second kappa shape index (κ2) is 3.81. The molecule has 0 saturated heterocycles. The van der Waals surface area contributed by atoms with Crippen molar-refractivity contribution in [3.63, 3.8) is 0 Å². The highest BCUT2D eigenvalue weighted by atomic mass is 35.5. The number of rotatable bonds is 1. The minimum atomic E-state index is 0.788. The molecule has 0 N–H and O–H groups in total. The first-order chi connectivity index (χ1) is 6.77. The van der Waals surface area contributed by atoms with Crippen LogP contribution in [0.1, 0.15) is 5.56 Å². The lowest BCUT2D eigenvalue weighted by Gasteiger charge is -2.02. The van der Waals surface area contributed by atoms with Crippen LogP contribution in [0.3, 0.4) is 0 Å². The van der Waals surface area contributed by atoms with E-state index >= 15 is 0 Å². The third-order valence-corrected chi connectivity index (χ3v) is 2.49. The third kappa shape index (κ3) is 1.78. The van der Waals surface area contributed by atoms with Gasteiger partial charge in [-0.2, -0.15) is 0 Å². The normalized spacial score (nSPS) is 10.1. The van der Waals surface area contributed by atoms with Gasteiger partial charge in [0.2, 0.25) is 0 Å². The van der Waals surface area contributed by atoms with Gasteiger partial charge in [0.1, 0.15) is 0 Å². The molecular weight excluding hydrogens is 194 g/mol. The Morgan fingerprint density at radius 2 is 2.14 bits per heavy atom. The van der Waals surface area contributed by atoms with Gasteiger partial charge < -0.3 is 0 Å². The van der Waals surface area contributed by atoms with E-state index in [0.717, 1.165) is 21.8 Å². The highest BCUT2D eigenvalue weighted by molar-refractivity contribution is 6.31. The Labute approximate surface area is 88.4 Å². The van der Waals surface area contributed by atoms with Crippen molar-refractivity contribution in [2.24, 2.45) is 0 Å². The predicted octanol–water partition coefficient (Wildman–Crippen LogP) is 3.51. The molecule has 0 bridgehead atoms. The van der Waals surface area contributed by atoms with Gasteiger partial charge in [-0.15, -0.1) is 0 Å². The van der Waals surface area contributed by atoms with Crippen LogP contribution in [-0.2, 0) is 0 Å². The van der Waals surface area contributed by atoms with E-state index in [1.807, 2.05) is 37.3 Å². The van der Waals surface area contributed by atoms with Crippen molar-refractivity contribution in [1.29, 1.82) is 0 Å². The molecule has 1 nitrogen and oxygen atoms in total. The first kappa shape index (κ1) is 9.22. The molecule has 2 rings (SSSR count). The van der Waals surface area contributed by atoms with E-state index in [-0.39, 0.29) is 0 Å². The van der Waals surface area contributed by atoms with Crippen molar-refractivity contribution in [2.75, 3.05) is 0 Å². The Morgan fingerprint density at radius 1 is 1.29 bits per heavy atom. The summed E-state index contributed by atoms with van der Waals surface area (Å²) < 4.78 is 0. The van der Waals surface area contributed by atoms with E-state index in [4.69, 9.17) is 11.6 Å². The van der Waals surface area contributed by atoms with E-state index in [2.05, 4.69) is 11.1 Å². The molecule has 0 amide bonds. The summed E-state index contributed by atoms with van der Waals surface area (Å²) in [5.41, 5.74) is 3.10. The van der Waals surface area contributed by atoms with Crippen LogP contribution in [0, 0.1) is 13.0 Å². The number of nitrogens with zero attached hydrogens (tertiary/aromatic N) is 1. The molecule has 1 aromatic carbocycles. The Kier molecular flexibility index (Phi) is 2.51. The smallest absolute Gasteiger partial charge is 0.0702 e. The van der Waals surface area contributed by atoms with Gasteiger partial charge in [-0.3, -0.25) is 4.98 Å². The Balaban J connectivity index is 2.48. The minimum absolute atomic E-state index is 0.788. The quantitative estimate of drug-likeness (QED) is 0.690. The van der Waals surface area contributed by atoms with Crippen molar-refractivity contribution in [2.45, 2.75) is 6.92 Å². The molecule has 1 aromatic heterocycles. The predicted molar refractivity (Wildman–Crippen MR) is 58.3 cm³/mol. The first-order valence-corrected chi connectivity index (χ1v) is 4.74. The molecule has 14 heavy (non-hydrogen) atoms. The fourth-order valence-corrected chi connectivity index (χ4v) is 1.41. The standard InChI is InChI=1S/C12H9ClN/c1-9-8-10(5-6-11(9)13)12-4-2-3-7-14-12/h2,4-8H,1H3. The number of aromatic nitrogens is 1. The number of aryl methyl sites for hydroxylation is 1. The average Bonchev–Trinajstić information content (AvgIpc) is 2.23. The van der Waals surface area contributed by atoms with Crippen LogP contribution in [0.15, 0.2) is 36.5 Å². The summed E-state index contributed by atoms with van der Waals surface area (Å²) in [6, 6.07) is 12.6. The van der Waals surface area contributed by atoms with Gasteiger partial charge in [0.05, 0.1) is 5.69 Å². The lowest BCUT2D eigenvalue weighted by atomic mass is 10.1. The zero-order valence-electron chi connectivity index (χ0n) is 7.79. The molecule has 0 aliphatic carbocycles. The van der Waals surface area contributed by atoms with Crippen LogP contribution in [0.5, 0.6) is 0 Å². The maximum absolute atomic E-state index is 5.94. The summed E-state index contributed by atoms with van der Waals surface area (Å²) in [7, 11) is 0. The molecular formula is C12H9ClN. The molecule has 0 aliphatic heterocycles. The molecule has 69 valence electrons. The van der Waals surface area contributed by atoms with Crippen LogP contribution in [0.25, 0.3) is 11.3 Å². The zero-order chi connectivity index (χ0) is 9.97. The number of hydrogen-bond acceptors (Lipinski definition) is 1. The van der Waals surface area contributed by atoms with Gasteiger partial charge in [-0.1, -0.05) is 23.7 Å². The number of pyridine rings is 1. The van der Waals surface area contributed by atoms with Gasteiger partial charge in [0.15, 0.2) is 0 Å². The van der Waals surface area contributed by atoms with E-state index in [0.29, 0.717) is 0 Å². The van der Waals surface area contributed by atoms with Crippen molar-refractivity contribution >= 4 is 11.6 Å². The highest BCUT2D eigenvalue weighted by Crippen LogP contribution is 2.22. The van der Waals surface area contributed by atoms with Crippen LogP contribution >= 0.6 is 11.6 Å². The Morgan fingerprint density at radius 3 is 2.79 bits per heavy atom. The van der Waals surface area contributed by atoms with Gasteiger partial charge in [0, 0.05) is 22.8 Å². The van der Waals surface area contributed by atoms with E-state index in [9.17, 15) is 0 Å². The van der Waals surface area contributed by atoms with Crippen LogP contribution in [0.2, 0.25) is 5.02 Å². The maximum Gasteiger partial charge on any atom is 0.0702 e. The van der Waals surface area contributed by atoms with Crippen LogP contribution in [-0.4, -0.2) is 4.98 Å². The lowest BCUT2D eigenvalue weighted by molar-refractivity contribution is 1.31. The van der Waals surface area contributed by atoms with Crippen molar-refractivity contribution < 1.29 is 0 Å². The average molecular weight is 203 g/mol. The van der Waals surface area contributed by atoms with Gasteiger partial charge in [0.25, 0.3) is 0 Å². The second-order valence-corrected chi connectivity index (χ2v) is 3.51. The number of hydrogen-bond donors (Lipinski definition) is 0. The van der Waals surface area contributed by atoms with Gasteiger partial charge >= 0.3 is 0 Å². The molecule has 1 radical (unpaired) electrons. The molecule has 2 aromatic rings. The number of benzene rings is 1. The molecule has 1 heterocycles. The topological polar surface area (TPSA) is 12.9 Å². The van der Waals surface area contributed by atoms with E-state index in [1.165, 1.54) is 0 Å². The first-order valence-electron chi connectivity index (χ1n) is 4.36. The summed E-state index contributed by atoms with van der Waals surface area (Å²) in [5, 5.41) is 0.788. The Bertz CT molecular complexity index is 437. The Hall–Kier alpha value is -1.34. The molecule has 0 fully saturated rings. The maximum atomic E-state index is 5.94. The second-order valence-electron chi connectivity index (χ2n) is 3.11. The molecule has 0 saturated carbocycles. The SMILES string of the molecule is Cc1cc(-c2cc[c]cn2)ccc1Cl. The highest BCUT2D eigenvalue weighted by Gasteiger charge is 2.00. The monoisotopic (exact) mass is 202 g/mol. The van der Waals surface area contributed by atoms with Gasteiger partial charge in [-0.25, -0.2) is 0 Å². The molecule has 0 atom stereocenters. The molecule has 2 heteroatoms. The number of halogens is 1. The van der Waals surface area contributed by atoms with Crippen molar-refractivity contribution in [3.05, 3.63) is 53.2 Å². The van der Waals surface area contributed by atoms with E-state index < -0.39 is 0 Å². The summed E-state index contributed by atoms with van der Waals surface area (Å²) in [4.78, 5) is 4.22. The fourth-order valence-electron chi connectivity index (χ4n) is 1.29. The van der Waals surface area contributed by atoms with Crippen molar-refractivity contribution in [3.8, 4) is 11.3 Å². The summed E-state index contributed by atoms with van der Waals surface area (Å²) in [6.45, 7) is 1.99. The van der Waals surface area contributed by atoms with Crippen LogP contribution in [0.4, 0.5) is 0 Å². The molecule has 0 spiro atoms. The van der Waals surface area contributed by atoms with Gasteiger partial charge in [-0.05, 0) is 30.7 Å². The van der Waals surface area contributed by atoms with Crippen LogP contribution < -0.4 is 0 Å². The minimum Gasteiger partial charge on any atom is -0.256 e. The summed E-state index contributed by atoms with van der Waals surface area (Å²) in [6.07, 6.45) is 1.67. The zero-order valence-corrected chi connectivity index (χ0v) is 8.55. The lowest BCUT2D eigenvalue weighted by Crippen LogP contribution is -1.83. The van der Waals surface area contributed by atoms with E-state index in [1.54, 1.807) is 6.20 Å². The largest absolute Gasteiger partial charge is 0.256 e.